The molecule has 1 aromatic carbocycles. The van der Waals surface area contributed by atoms with Crippen molar-refractivity contribution in [2.45, 2.75) is 49.7 Å². The van der Waals surface area contributed by atoms with E-state index in [-0.39, 0.29) is 24.8 Å². The second-order valence-corrected chi connectivity index (χ2v) is 10.7. The fraction of sp³-hybridized carbons (Fsp3) is 0.480. The minimum atomic E-state index is -4.92. The smallest absolute Gasteiger partial charge is 0.377 e. The van der Waals surface area contributed by atoms with Gasteiger partial charge in [-0.2, -0.15) is 26.3 Å². The van der Waals surface area contributed by atoms with Gasteiger partial charge in [-0.05, 0) is 48.7 Å². The molecule has 40 heavy (non-hydrogen) atoms. The Morgan fingerprint density at radius 3 is 2.30 bits per heavy atom. The predicted molar refractivity (Wildman–Crippen MR) is 129 cm³/mol. The monoisotopic (exact) mass is 590 g/mol. The molecule has 214 valence electrons. The standard InChI is InChI=1S/C25H22ClF7N6O/c26-16-1-3-18-15(9-16)10-38(23(12-40-13-23)25(31,32)33)11-20-35-36-22(39(18)20)14-5-7-37(8-6-14)19-4-2-17(27)21(34-19)24(28,29)30/h1-4,9,14H,5-8,10-13H2. The molecule has 0 unspecified atom stereocenters. The lowest BCUT2D eigenvalue weighted by molar-refractivity contribution is -0.310. The number of alkyl halides is 6. The fourth-order valence-electron chi connectivity index (χ4n) is 5.59. The molecule has 5 heterocycles. The number of aromatic nitrogens is 4. The number of fused-ring (bicyclic) bond motifs is 3. The summed E-state index contributed by atoms with van der Waals surface area (Å²) < 4.78 is 103. The van der Waals surface area contributed by atoms with Crippen LogP contribution in [0.1, 0.15) is 41.7 Å². The van der Waals surface area contributed by atoms with Crippen LogP contribution >= 0.6 is 11.6 Å². The van der Waals surface area contributed by atoms with Gasteiger partial charge in [-0.3, -0.25) is 9.47 Å². The van der Waals surface area contributed by atoms with Crippen molar-refractivity contribution in [1.82, 2.24) is 24.6 Å². The SMILES string of the molecule is Fc1ccc(N2CCC(c3nnc4n3-c3ccc(Cl)cc3CN(C3(C(F)(F)F)COC3)C4)CC2)nc1C(F)(F)F. The minimum absolute atomic E-state index is 0.0167. The summed E-state index contributed by atoms with van der Waals surface area (Å²) in [4.78, 5) is 6.47. The largest absolute Gasteiger partial charge is 0.436 e. The van der Waals surface area contributed by atoms with Crippen LogP contribution in [0.3, 0.4) is 0 Å². The summed E-state index contributed by atoms with van der Waals surface area (Å²) in [6, 6.07) is 6.98. The Hall–Kier alpha value is -2.97. The number of pyridine rings is 1. The topological polar surface area (TPSA) is 59.3 Å². The number of anilines is 1. The highest BCUT2D eigenvalue weighted by Gasteiger charge is 2.64. The lowest BCUT2D eigenvalue weighted by Crippen LogP contribution is -2.69. The highest BCUT2D eigenvalue weighted by molar-refractivity contribution is 6.30. The first-order valence-corrected chi connectivity index (χ1v) is 12.9. The molecule has 0 amide bonds. The quantitative estimate of drug-likeness (QED) is 0.375. The van der Waals surface area contributed by atoms with Crippen molar-refractivity contribution in [3.63, 3.8) is 0 Å². The van der Waals surface area contributed by atoms with Gasteiger partial charge in [0.15, 0.2) is 22.9 Å². The first kappa shape index (κ1) is 27.2. The molecular formula is C25H22ClF7N6O. The van der Waals surface area contributed by atoms with Gasteiger partial charge in [0.2, 0.25) is 0 Å². The molecule has 0 spiro atoms. The maximum atomic E-state index is 14.2. The third-order valence-electron chi connectivity index (χ3n) is 7.83. The molecule has 3 aliphatic heterocycles. The van der Waals surface area contributed by atoms with Crippen molar-refractivity contribution < 1.29 is 35.5 Å². The van der Waals surface area contributed by atoms with Crippen LogP contribution in [0.2, 0.25) is 5.02 Å². The van der Waals surface area contributed by atoms with E-state index < -0.39 is 42.6 Å². The highest BCUT2D eigenvalue weighted by Crippen LogP contribution is 2.45. The maximum absolute atomic E-state index is 14.2. The van der Waals surface area contributed by atoms with Crippen LogP contribution in [-0.2, 0) is 24.0 Å². The Balaban J connectivity index is 1.30. The average Bonchev–Trinajstić information content (AvgIpc) is 3.18. The maximum Gasteiger partial charge on any atom is 0.436 e. The molecule has 3 aliphatic rings. The number of hydrogen-bond acceptors (Lipinski definition) is 6. The highest BCUT2D eigenvalue weighted by atomic mass is 35.5. The lowest BCUT2D eigenvalue weighted by atomic mass is 9.93. The van der Waals surface area contributed by atoms with Crippen LogP contribution in [0.25, 0.3) is 5.69 Å². The second kappa shape index (κ2) is 9.55. The Morgan fingerprint density at radius 2 is 1.68 bits per heavy atom. The molecule has 2 saturated heterocycles. The summed E-state index contributed by atoms with van der Waals surface area (Å²) in [6.07, 6.45) is -8.52. The van der Waals surface area contributed by atoms with Crippen molar-refractivity contribution in [3.05, 3.63) is 64.1 Å². The molecule has 0 aliphatic carbocycles. The van der Waals surface area contributed by atoms with E-state index in [1.165, 1.54) is 11.0 Å². The summed E-state index contributed by atoms with van der Waals surface area (Å²) >= 11 is 6.23. The zero-order valence-corrected chi connectivity index (χ0v) is 21.5. The van der Waals surface area contributed by atoms with Gasteiger partial charge in [-0.25, -0.2) is 9.37 Å². The molecule has 0 atom stereocenters. The number of ether oxygens (including phenoxy) is 1. The van der Waals surface area contributed by atoms with Crippen molar-refractivity contribution in [1.29, 1.82) is 0 Å². The summed E-state index contributed by atoms with van der Waals surface area (Å²) in [6.45, 7) is -0.495. The molecule has 3 aromatic rings. The Labute approximate surface area is 228 Å². The zero-order valence-electron chi connectivity index (χ0n) is 20.7. The van der Waals surface area contributed by atoms with Gasteiger partial charge in [0.1, 0.15) is 11.6 Å². The molecule has 2 fully saturated rings. The number of nitrogens with zero attached hydrogens (tertiary/aromatic N) is 6. The van der Waals surface area contributed by atoms with Crippen molar-refractivity contribution in [3.8, 4) is 5.69 Å². The molecule has 7 nitrogen and oxygen atoms in total. The number of rotatable bonds is 3. The van der Waals surface area contributed by atoms with Gasteiger partial charge >= 0.3 is 12.4 Å². The van der Waals surface area contributed by atoms with Crippen molar-refractivity contribution >= 4 is 17.4 Å². The first-order valence-electron chi connectivity index (χ1n) is 12.5. The van der Waals surface area contributed by atoms with E-state index in [1.807, 2.05) is 0 Å². The van der Waals surface area contributed by atoms with Crippen LogP contribution in [0, 0.1) is 5.82 Å². The molecule has 15 heteroatoms. The molecule has 0 saturated carbocycles. The number of hydrogen-bond donors (Lipinski definition) is 0. The van der Waals surface area contributed by atoms with Crippen molar-refractivity contribution in [2.75, 3.05) is 31.2 Å². The average molecular weight is 591 g/mol. The Morgan fingerprint density at radius 1 is 0.950 bits per heavy atom. The van der Waals surface area contributed by atoms with Gasteiger partial charge in [0, 0.05) is 30.6 Å². The molecule has 2 aromatic heterocycles. The van der Waals surface area contributed by atoms with Gasteiger partial charge < -0.3 is 9.64 Å². The van der Waals surface area contributed by atoms with Crippen LogP contribution in [0.15, 0.2) is 30.3 Å². The third-order valence-corrected chi connectivity index (χ3v) is 8.06. The van der Waals surface area contributed by atoms with Gasteiger partial charge in [0.05, 0.1) is 25.4 Å². The van der Waals surface area contributed by atoms with E-state index in [4.69, 9.17) is 16.3 Å². The van der Waals surface area contributed by atoms with Gasteiger partial charge in [-0.1, -0.05) is 11.6 Å². The summed E-state index contributed by atoms with van der Waals surface area (Å²) in [5.74, 6) is -0.717. The second-order valence-electron chi connectivity index (χ2n) is 10.2. The molecule has 0 radical (unpaired) electrons. The minimum Gasteiger partial charge on any atom is -0.377 e. The first-order chi connectivity index (χ1) is 18.9. The summed E-state index contributed by atoms with van der Waals surface area (Å²) in [7, 11) is 0. The molecule has 6 rings (SSSR count). The Bertz CT molecular complexity index is 1430. The Kier molecular flexibility index (Phi) is 6.50. The van der Waals surface area contributed by atoms with E-state index in [9.17, 15) is 30.7 Å². The van der Waals surface area contributed by atoms with E-state index in [0.29, 0.717) is 53.9 Å². The van der Waals surface area contributed by atoms with E-state index in [1.54, 1.807) is 27.7 Å². The predicted octanol–water partition coefficient (Wildman–Crippen LogP) is 5.50. The van der Waals surface area contributed by atoms with Crippen LogP contribution in [0.4, 0.5) is 36.6 Å². The van der Waals surface area contributed by atoms with Crippen LogP contribution in [-0.4, -0.2) is 62.7 Å². The van der Waals surface area contributed by atoms with E-state index >= 15 is 0 Å². The van der Waals surface area contributed by atoms with Crippen LogP contribution < -0.4 is 4.90 Å². The number of halogens is 8. The van der Waals surface area contributed by atoms with Gasteiger partial charge in [-0.15, -0.1) is 10.2 Å². The summed E-state index contributed by atoms with van der Waals surface area (Å²) in [5.41, 5.74) is -2.52. The van der Waals surface area contributed by atoms with Crippen LogP contribution in [0.5, 0.6) is 0 Å². The fourth-order valence-corrected chi connectivity index (χ4v) is 5.78. The number of piperidine rings is 1. The van der Waals surface area contributed by atoms with E-state index in [2.05, 4.69) is 15.2 Å². The zero-order chi connectivity index (χ0) is 28.4. The summed E-state index contributed by atoms with van der Waals surface area (Å²) in [5, 5.41) is 9.03. The molecular weight excluding hydrogens is 569 g/mol. The third kappa shape index (κ3) is 4.49. The molecule has 0 N–H and O–H groups in total. The van der Waals surface area contributed by atoms with E-state index in [0.717, 1.165) is 6.07 Å². The number of benzene rings is 1. The molecule has 0 bridgehead atoms. The lowest BCUT2D eigenvalue weighted by Gasteiger charge is -2.49. The van der Waals surface area contributed by atoms with Crippen molar-refractivity contribution in [2.24, 2.45) is 0 Å². The normalized spacial score (nSPS) is 20.1. The van der Waals surface area contributed by atoms with Gasteiger partial charge in [0.25, 0.3) is 0 Å².